The van der Waals surface area contributed by atoms with E-state index in [1.54, 1.807) is 25.3 Å². The van der Waals surface area contributed by atoms with Crippen LogP contribution >= 0.6 is 0 Å². The Morgan fingerprint density at radius 3 is 2.43 bits per heavy atom. The summed E-state index contributed by atoms with van der Waals surface area (Å²) in [7, 11) is 1.64. The van der Waals surface area contributed by atoms with Crippen LogP contribution in [0, 0.1) is 23.2 Å². The predicted molar refractivity (Wildman–Crippen MR) is 152 cm³/mol. The van der Waals surface area contributed by atoms with Crippen molar-refractivity contribution in [3.05, 3.63) is 29.8 Å². The number of cyclic esters (lactones) is 1. The summed E-state index contributed by atoms with van der Waals surface area (Å²) in [6.45, 7) is 11.3. The fourth-order valence-electron chi connectivity index (χ4n) is 6.97. The number of phenols is 1. The molecule has 10 atom stereocenters. The number of benzene rings is 1. The average molecular weight is 593 g/mol. The first kappa shape index (κ1) is 32.7. The summed E-state index contributed by atoms with van der Waals surface area (Å²) in [5.41, 5.74) is 0.268. The van der Waals surface area contributed by atoms with Crippen molar-refractivity contribution < 1.29 is 48.6 Å². The molecular formula is C32H48O10. The Morgan fingerprint density at radius 1 is 1.07 bits per heavy atom. The third-order valence-corrected chi connectivity index (χ3v) is 9.70. The number of rotatable bonds is 7. The number of aliphatic hydroxyl groups is 2. The topological polar surface area (TPSA) is 141 Å². The molecule has 3 bridgehead atoms. The molecule has 3 N–H and O–H groups in total. The number of methoxy groups -OCH3 is 1. The van der Waals surface area contributed by atoms with Gasteiger partial charge in [0.05, 0.1) is 31.2 Å². The maximum Gasteiger partial charge on any atom is 0.311 e. The molecule has 10 nitrogen and oxygen atoms in total. The summed E-state index contributed by atoms with van der Waals surface area (Å²) in [6.07, 6.45) is -2.25. The summed E-state index contributed by atoms with van der Waals surface area (Å²) in [5.74, 6) is -5.11. The average Bonchev–Trinajstić information content (AvgIpc) is 2.88. The first-order chi connectivity index (χ1) is 19.6. The largest absolute Gasteiger partial charge is 0.508 e. The number of carbonyl (C=O) groups excluding carboxylic acids is 2. The Labute approximate surface area is 248 Å². The second kappa shape index (κ2) is 12.4. The Balaban J connectivity index is 1.66. The molecule has 6 unspecified atom stereocenters. The molecule has 1 aromatic carbocycles. The van der Waals surface area contributed by atoms with Gasteiger partial charge in [0.1, 0.15) is 18.0 Å². The smallest absolute Gasteiger partial charge is 0.311 e. The molecule has 3 fully saturated rings. The van der Waals surface area contributed by atoms with Crippen molar-refractivity contribution in [2.24, 2.45) is 23.2 Å². The van der Waals surface area contributed by atoms with Gasteiger partial charge >= 0.3 is 11.9 Å². The van der Waals surface area contributed by atoms with Gasteiger partial charge in [0.25, 0.3) is 0 Å². The van der Waals surface area contributed by atoms with Gasteiger partial charge in [0.2, 0.25) is 0 Å². The number of aliphatic hydroxyl groups excluding tert-OH is 1. The van der Waals surface area contributed by atoms with Gasteiger partial charge in [0, 0.05) is 30.8 Å². The first-order valence-corrected chi connectivity index (χ1v) is 15.1. The van der Waals surface area contributed by atoms with Crippen LogP contribution in [0.15, 0.2) is 24.3 Å². The molecular weight excluding hydrogens is 544 g/mol. The van der Waals surface area contributed by atoms with Gasteiger partial charge in [-0.15, -0.1) is 0 Å². The van der Waals surface area contributed by atoms with Crippen molar-refractivity contribution in [3.8, 4) is 5.75 Å². The van der Waals surface area contributed by atoms with Crippen molar-refractivity contribution in [1.82, 2.24) is 0 Å². The maximum absolute atomic E-state index is 13.1. The molecule has 3 saturated heterocycles. The van der Waals surface area contributed by atoms with E-state index in [4.69, 9.17) is 23.7 Å². The Hall–Kier alpha value is -2.24. The molecule has 0 saturated carbocycles. The van der Waals surface area contributed by atoms with Gasteiger partial charge in [0.15, 0.2) is 11.6 Å². The summed E-state index contributed by atoms with van der Waals surface area (Å²) in [4.78, 5) is 26.1. The lowest BCUT2D eigenvalue weighted by atomic mass is 9.66. The minimum Gasteiger partial charge on any atom is -0.508 e. The number of phenolic OH excluding ortho intramolecular Hbond substituents is 1. The summed E-state index contributed by atoms with van der Waals surface area (Å²) >= 11 is 0. The van der Waals surface area contributed by atoms with Crippen molar-refractivity contribution in [3.63, 3.8) is 0 Å². The maximum atomic E-state index is 13.1. The van der Waals surface area contributed by atoms with Crippen LogP contribution in [0.1, 0.15) is 91.7 Å². The van der Waals surface area contributed by atoms with Gasteiger partial charge < -0.3 is 39.0 Å². The van der Waals surface area contributed by atoms with Gasteiger partial charge in [-0.1, -0.05) is 46.8 Å². The molecule has 0 radical (unpaired) electrons. The SMILES string of the molecule is COC(CCC(C)C1O[C@]23CC(OC(=O)CC(C(C)O)OC(=O)C[C@@](O)(O2)[C@@H](C)CC3(C)C)[C@H]1C)c1cccc(O)c1. The lowest BCUT2D eigenvalue weighted by Gasteiger charge is -2.61. The van der Waals surface area contributed by atoms with E-state index < -0.39 is 65.7 Å². The van der Waals surface area contributed by atoms with E-state index in [1.807, 2.05) is 33.8 Å². The fraction of sp³-hybridized carbons (Fsp3) is 0.750. The normalized spacial score (nSPS) is 37.3. The lowest BCUT2D eigenvalue weighted by Crippen LogP contribution is -2.68. The molecule has 3 aliphatic heterocycles. The fourth-order valence-corrected chi connectivity index (χ4v) is 6.97. The molecule has 236 valence electrons. The van der Waals surface area contributed by atoms with Crippen LogP contribution in [-0.4, -0.2) is 70.4 Å². The third-order valence-electron chi connectivity index (χ3n) is 9.70. The van der Waals surface area contributed by atoms with Crippen LogP contribution < -0.4 is 0 Å². The number of esters is 2. The molecule has 0 aromatic heterocycles. The highest BCUT2D eigenvalue weighted by Gasteiger charge is 2.64. The van der Waals surface area contributed by atoms with E-state index in [9.17, 15) is 24.9 Å². The number of hydrogen-bond donors (Lipinski definition) is 3. The minimum atomic E-state index is -1.88. The van der Waals surface area contributed by atoms with Gasteiger partial charge in [-0.25, -0.2) is 0 Å². The van der Waals surface area contributed by atoms with E-state index in [0.29, 0.717) is 19.3 Å². The summed E-state index contributed by atoms with van der Waals surface area (Å²) < 4.78 is 30.6. The number of hydrogen-bond acceptors (Lipinski definition) is 10. The highest BCUT2D eigenvalue weighted by atomic mass is 16.8. The van der Waals surface area contributed by atoms with Crippen LogP contribution in [0.25, 0.3) is 0 Å². The molecule has 3 aliphatic rings. The van der Waals surface area contributed by atoms with Gasteiger partial charge in [-0.3, -0.25) is 9.59 Å². The molecule has 42 heavy (non-hydrogen) atoms. The van der Waals surface area contributed by atoms with Crippen molar-refractivity contribution in [2.75, 3.05) is 7.11 Å². The van der Waals surface area contributed by atoms with E-state index >= 15 is 0 Å². The van der Waals surface area contributed by atoms with Crippen LogP contribution in [0.4, 0.5) is 0 Å². The van der Waals surface area contributed by atoms with E-state index in [-0.39, 0.29) is 36.5 Å². The standard InChI is InChI=1S/C32H48O10/c1-18(11-12-24(38-7)22-9-8-10-23(34)13-22)29-20(3)26-16-32(41-29)30(5,6)15-19(2)31(37,42-32)17-28(36)39-25(21(4)33)14-27(35)40-26/h8-10,13,18-21,24-26,29,33-34,37H,11-12,14-17H2,1-7H3/t18?,19-,20+,21?,24?,25?,26?,29?,31+,32+/m0/s1. The highest BCUT2D eigenvalue weighted by Crippen LogP contribution is 2.57. The molecule has 0 amide bonds. The highest BCUT2D eigenvalue weighted by molar-refractivity contribution is 5.73. The van der Waals surface area contributed by atoms with Crippen LogP contribution in [0.5, 0.6) is 5.75 Å². The van der Waals surface area contributed by atoms with E-state index in [2.05, 4.69) is 6.92 Å². The third kappa shape index (κ3) is 6.63. The number of ether oxygens (including phenoxy) is 5. The number of aromatic hydroxyl groups is 1. The number of fused-ring (bicyclic) bond motifs is 2. The molecule has 3 heterocycles. The molecule has 1 spiro atoms. The van der Waals surface area contributed by atoms with Crippen molar-refractivity contribution >= 4 is 11.9 Å². The van der Waals surface area contributed by atoms with Crippen molar-refractivity contribution in [2.45, 2.75) is 122 Å². The quantitative estimate of drug-likeness (QED) is 0.391. The zero-order valence-electron chi connectivity index (χ0n) is 25.9. The zero-order chi connectivity index (χ0) is 31.0. The Kier molecular flexibility index (Phi) is 9.65. The molecule has 10 heteroatoms. The Morgan fingerprint density at radius 2 is 1.79 bits per heavy atom. The van der Waals surface area contributed by atoms with E-state index in [0.717, 1.165) is 5.56 Å². The predicted octanol–water partition coefficient (Wildman–Crippen LogP) is 4.39. The van der Waals surface area contributed by atoms with Crippen molar-refractivity contribution in [1.29, 1.82) is 0 Å². The molecule has 1 aromatic rings. The Bertz CT molecular complexity index is 1120. The monoisotopic (exact) mass is 592 g/mol. The van der Waals surface area contributed by atoms with Gasteiger partial charge in [-0.2, -0.15) is 0 Å². The lowest BCUT2D eigenvalue weighted by molar-refractivity contribution is -0.452. The first-order valence-electron chi connectivity index (χ1n) is 15.1. The second-order valence-corrected chi connectivity index (χ2v) is 13.4. The number of carbonyl (C=O) groups is 2. The zero-order valence-corrected chi connectivity index (χ0v) is 25.9. The summed E-state index contributed by atoms with van der Waals surface area (Å²) in [6, 6.07) is 7.01. The van der Waals surface area contributed by atoms with Crippen LogP contribution in [-0.2, 0) is 33.3 Å². The van der Waals surface area contributed by atoms with Crippen LogP contribution in [0.2, 0.25) is 0 Å². The summed E-state index contributed by atoms with van der Waals surface area (Å²) in [5, 5.41) is 32.0. The minimum absolute atomic E-state index is 0.0386. The van der Waals surface area contributed by atoms with E-state index in [1.165, 1.54) is 6.92 Å². The van der Waals surface area contributed by atoms with Crippen LogP contribution in [0.3, 0.4) is 0 Å². The molecule has 0 aliphatic carbocycles. The van der Waals surface area contributed by atoms with Gasteiger partial charge in [-0.05, 0) is 49.8 Å². The second-order valence-electron chi connectivity index (χ2n) is 13.4. The molecule has 4 rings (SSSR count).